The molecular formula is C23H27NO3. The van der Waals surface area contributed by atoms with Crippen LogP contribution >= 0.6 is 0 Å². The quantitative estimate of drug-likeness (QED) is 0.754. The predicted molar refractivity (Wildman–Crippen MR) is 105 cm³/mol. The molecule has 1 saturated carbocycles. The van der Waals surface area contributed by atoms with E-state index in [-0.39, 0.29) is 24.4 Å². The average Bonchev–Trinajstić information content (AvgIpc) is 2.73. The van der Waals surface area contributed by atoms with Crippen molar-refractivity contribution in [3.8, 4) is 0 Å². The summed E-state index contributed by atoms with van der Waals surface area (Å²) in [6, 6.07) is 18.7. The normalized spacial score (nSPS) is 15.7. The summed E-state index contributed by atoms with van der Waals surface area (Å²) < 4.78 is 5.50. The Morgan fingerprint density at radius 1 is 0.889 bits per heavy atom. The highest BCUT2D eigenvalue weighted by Gasteiger charge is 2.27. The Labute approximate surface area is 160 Å². The maximum Gasteiger partial charge on any atom is 0.329 e. The second kappa shape index (κ2) is 9.91. The van der Waals surface area contributed by atoms with Gasteiger partial charge in [0.15, 0.2) is 0 Å². The molecule has 1 atom stereocenters. The van der Waals surface area contributed by atoms with Crippen LogP contribution in [0.15, 0.2) is 60.7 Å². The zero-order valence-electron chi connectivity index (χ0n) is 15.6. The highest BCUT2D eigenvalue weighted by atomic mass is 16.5. The minimum absolute atomic E-state index is 0.0129. The summed E-state index contributed by atoms with van der Waals surface area (Å²) in [5, 5.41) is 2.96. The molecule has 1 N–H and O–H groups in total. The maximum absolute atomic E-state index is 12.7. The molecule has 0 aromatic heterocycles. The fourth-order valence-electron chi connectivity index (χ4n) is 3.53. The van der Waals surface area contributed by atoms with E-state index in [1.165, 1.54) is 6.42 Å². The number of nitrogens with one attached hydrogen (secondary N) is 1. The molecule has 1 aliphatic rings. The Hall–Kier alpha value is -2.62. The van der Waals surface area contributed by atoms with Crippen molar-refractivity contribution in [2.45, 2.75) is 51.2 Å². The van der Waals surface area contributed by atoms with Gasteiger partial charge in [0, 0.05) is 12.3 Å². The number of benzene rings is 2. The van der Waals surface area contributed by atoms with Crippen molar-refractivity contribution in [2.75, 3.05) is 0 Å². The van der Waals surface area contributed by atoms with E-state index in [0.717, 1.165) is 36.8 Å². The summed E-state index contributed by atoms with van der Waals surface area (Å²) in [6.45, 7) is 0.213. The molecule has 1 amide bonds. The average molecular weight is 365 g/mol. The molecule has 27 heavy (non-hydrogen) atoms. The van der Waals surface area contributed by atoms with Gasteiger partial charge in [0.1, 0.15) is 12.6 Å². The molecule has 2 aromatic carbocycles. The van der Waals surface area contributed by atoms with Crippen LogP contribution in [0.3, 0.4) is 0 Å². The van der Waals surface area contributed by atoms with Crippen LogP contribution in [0.4, 0.5) is 0 Å². The van der Waals surface area contributed by atoms with Gasteiger partial charge in [-0.3, -0.25) is 4.79 Å². The van der Waals surface area contributed by atoms with Crippen LogP contribution in [0.5, 0.6) is 0 Å². The molecular weight excluding hydrogens is 338 g/mol. The molecule has 0 saturated heterocycles. The second-order valence-electron chi connectivity index (χ2n) is 7.18. The van der Waals surface area contributed by atoms with Crippen LogP contribution in [0.25, 0.3) is 0 Å². The van der Waals surface area contributed by atoms with E-state index in [4.69, 9.17) is 4.74 Å². The largest absolute Gasteiger partial charge is 0.459 e. The van der Waals surface area contributed by atoms with E-state index in [1.807, 2.05) is 60.7 Å². The minimum Gasteiger partial charge on any atom is -0.459 e. The van der Waals surface area contributed by atoms with Crippen molar-refractivity contribution in [2.24, 2.45) is 5.92 Å². The number of rotatable bonds is 7. The first-order valence-corrected chi connectivity index (χ1v) is 9.77. The third-order valence-electron chi connectivity index (χ3n) is 5.08. The molecule has 0 radical (unpaired) electrons. The van der Waals surface area contributed by atoms with Crippen molar-refractivity contribution in [1.82, 2.24) is 5.32 Å². The van der Waals surface area contributed by atoms with Gasteiger partial charge in [-0.25, -0.2) is 4.79 Å². The molecule has 0 unspecified atom stereocenters. The standard InChI is InChI=1S/C23H27NO3/c25-22(20-14-8-3-9-15-20)24-21(16-18-10-4-1-5-11-18)23(26)27-17-19-12-6-2-7-13-19/h1-2,4-7,10-13,20-21H,3,8-9,14-17H2,(H,24,25)/t21-/m0/s1. The molecule has 2 aromatic rings. The smallest absolute Gasteiger partial charge is 0.329 e. The number of carbonyl (C=O) groups excluding carboxylic acids is 2. The molecule has 0 heterocycles. The summed E-state index contributed by atoms with van der Waals surface area (Å²) in [4.78, 5) is 25.4. The Balaban J connectivity index is 1.64. The minimum atomic E-state index is -0.662. The summed E-state index contributed by atoms with van der Waals surface area (Å²) in [6.07, 6.45) is 5.61. The SMILES string of the molecule is O=C(N[C@@H](Cc1ccccc1)C(=O)OCc1ccccc1)C1CCCCC1. The summed E-state index contributed by atoms with van der Waals surface area (Å²) in [5.74, 6) is -0.391. The van der Waals surface area contributed by atoms with Crippen LogP contribution < -0.4 is 5.32 Å². The lowest BCUT2D eigenvalue weighted by atomic mass is 9.88. The Morgan fingerprint density at radius 2 is 1.48 bits per heavy atom. The van der Waals surface area contributed by atoms with Crippen LogP contribution in [-0.2, 0) is 27.4 Å². The van der Waals surface area contributed by atoms with Crippen LogP contribution in [0, 0.1) is 5.92 Å². The summed E-state index contributed by atoms with van der Waals surface area (Å²) in [5.41, 5.74) is 1.94. The van der Waals surface area contributed by atoms with Crippen molar-refractivity contribution < 1.29 is 14.3 Å². The molecule has 1 aliphatic carbocycles. The third kappa shape index (κ3) is 5.95. The molecule has 1 fully saturated rings. The summed E-state index contributed by atoms with van der Waals surface area (Å²) >= 11 is 0. The first-order valence-electron chi connectivity index (χ1n) is 9.77. The topological polar surface area (TPSA) is 55.4 Å². The Kier molecular flexibility index (Phi) is 7.03. The maximum atomic E-state index is 12.7. The van der Waals surface area contributed by atoms with E-state index in [9.17, 15) is 9.59 Å². The van der Waals surface area contributed by atoms with Gasteiger partial charge in [-0.2, -0.15) is 0 Å². The molecule has 4 nitrogen and oxygen atoms in total. The van der Waals surface area contributed by atoms with E-state index >= 15 is 0 Å². The Morgan fingerprint density at radius 3 is 2.11 bits per heavy atom. The predicted octanol–water partition coefficient (Wildman–Crippen LogP) is 4.04. The molecule has 3 rings (SSSR count). The Bertz CT molecular complexity index is 724. The second-order valence-corrected chi connectivity index (χ2v) is 7.18. The van der Waals surface area contributed by atoms with E-state index in [0.29, 0.717) is 6.42 Å². The zero-order valence-corrected chi connectivity index (χ0v) is 15.6. The lowest BCUT2D eigenvalue weighted by molar-refractivity contribution is -0.149. The van der Waals surface area contributed by atoms with Gasteiger partial charge in [0.2, 0.25) is 5.91 Å². The van der Waals surface area contributed by atoms with Crippen molar-refractivity contribution in [3.05, 3.63) is 71.8 Å². The van der Waals surface area contributed by atoms with Gasteiger partial charge in [-0.05, 0) is 24.0 Å². The van der Waals surface area contributed by atoms with Gasteiger partial charge in [-0.1, -0.05) is 79.9 Å². The van der Waals surface area contributed by atoms with Gasteiger partial charge in [0.05, 0.1) is 0 Å². The van der Waals surface area contributed by atoms with E-state index in [1.54, 1.807) is 0 Å². The van der Waals surface area contributed by atoms with Gasteiger partial charge < -0.3 is 10.1 Å². The lowest BCUT2D eigenvalue weighted by Crippen LogP contribution is -2.46. The first kappa shape index (κ1) is 19.2. The highest BCUT2D eigenvalue weighted by Crippen LogP contribution is 2.24. The highest BCUT2D eigenvalue weighted by molar-refractivity contribution is 5.86. The van der Waals surface area contributed by atoms with Crippen LogP contribution in [0.1, 0.15) is 43.2 Å². The van der Waals surface area contributed by atoms with Gasteiger partial charge in [-0.15, -0.1) is 0 Å². The van der Waals surface area contributed by atoms with Crippen molar-refractivity contribution in [1.29, 1.82) is 0 Å². The molecule has 4 heteroatoms. The number of hydrogen-bond donors (Lipinski definition) is 1. The van der Waals surface area contributed by atoms with Crippen LogP contribution in [-0.4, -0.2) is 17.9 Å². The lowest BCUT2D eigenvalue weighted by Gasteiger charge is -2.24. The molecule has 142 valence electrons. The number of ether oxygens (including phenoxy) is 1. The van der Waals surface area contributed by atoms with Gasteiger partial charge >= 0.3 is 5.97 Å². The fourth-order valence-corrected chi connectivity index (χ4v) is 3.53. The van der Waals surface area contributed by atoms with Crippen molar-refractivity contribution in [3.63, 3.8) is 0 Å². The van der Waals surface area contributed by atoms with E-state index in [2.05, 4.69) is 5.32 Å². The number of esters is 1. The molecule has 0 aliphatic heterocycles. The van der Waals surface area contributed by atoms with E-state index < -0.39 is 6.04 Å². The zero-order chi connectivity index (χ0) is 18.9. The summed E-state index contributed by atoms with van der Waals surface area (Å²) in [7, 11) is 0. The number of amides is 1. The fraction of sp³-hybridized carbons (Fsp3) is 0.391. The first-order chi connectivity index (χ1) is 13.2. The third-order valence-corrected chi connectivity index (χ3v) is 5.08. The van der Waals surface area contributed by atoms with Crippen LogP contribution in [0.2, 0.25) is 0 Å². The number of carbonyl (C=O) groups is 2. The number of hydrogen-bond acceptors (Lipinski definition) is 3. The monoisotopic (exact) mass is 365 g/mol. The molecule has 0 bridgehead atoms. The van der Waals surface area contributed by atoms with Crippen molar-refractivity contribution >= 4 is 11.9 Å². The van der Waals surface area contributed by atoms with Gasteiger partial charge in [0.25, 0.3) is 0 Å². The molecule has 0 spiro atoms.